The Morgan fingerprint density at radius 2 is 1.60 bits per heavy atom. The Bertz CT molecular complexity index is 642. The molecule has 0 saturated carbocycles. The lowest BCUT2D eigenvalue weighted by Crippen LogP contribution is -2.02. The predicted octanol–water partition coefficient (Wildman–Crippen LogP) is 4.69. The van der Waals surface area contributed by atoms with Crippen molar-refractivity contribution in [2.45, 2.75) is 0 Å². The van der Waals surface area contributed by atoms with Crippen molar-refractivity contribution in [2.75, 3.05) is 17.7 Å². The fourth-order valence-corrected chi connectivity index (χ4v) is 2.29. The maximum absolute atomic E-state index is 11.2. The van der Waals surface area contributed by atoms with Crippen molar-refractivity contribution < 1.29 is 4.92 Å². The van der Waals surface area contributed by atoms with Gasteiger partial charge >= 0.3 is 5.69 Å². The fraction of sp³-hybridized carbons (Fsp3) is 0.0769. The van der Waals surface area contributed by atoms with Crippen molar-refractivity contribution in [3.63, 3.8) is 0 Å². The van der Waals surface area contributed by atoms with Gasteiger partial charge in [0.05, 0.1) is 20.7 Å². The molecule has 0 atom stereocenters. The minimum absolute atomic E-state index is 0.0639. The van der Waals surface area contributed by atoms with Gasteiger partial charge in [-0.05, 0) is 24.3 Å². The largest absolute Gasteiger partial charge is 0.382 e. The van der Waals surface area contributed by atoms with Crippen LogP contribution in [0.2, 0.25) is 10.0 Å². The second-order valence-corrected chi connectivity index (χ2v) is 4.74. The Morgan fingerprint density at radius 3 is 2.15 bits per heavy atom. The first-order valence-corrected chi connectivity index (χ1v) is 6.46. The lowest BCUT2D eigenvalue weighted by Gasteiger charge is -2.12. The molecule has 0 aliphatic heterocycles. The molecule has 0 heterocycles. The highest BCUT2D eigenvalue weighted by Gasteiger charge is 2.20. The lowest BCUT2D eigenvalue weighted by atomic mass is 10.2. The minimum Gasteiger partial charge on any atom is -0.382 e. The summed E-state index contributed by atoms with van der Waals surface area (Å²) >= 11 is 12.1. The summed E-state index contributed by atoms with van der Waals surface area (Å²) in [5.41, 5.74) is 1.10. The molecule has 7 heteroatoms. The van der Waals surface area contributed by atoms with E-state index < -0.39 is 4.92 Å². The number of nitro benzene ring substituents is 1. The molecule has 2 N–H and O–H groups in total. The SMILES string of the molecule is CNc1cccc(Nc2c(Cl)cccc2Cl)c1[N+](=O)[O-]. The van der Waals surface area contributed by atoms with Gasteiger partial charge in [-0.1, -0.05) is 35.3 Å². The molecule has 104 valence electrons. The Balaban J connectivity index is 2.51. The number of nitrogens with zero attached hydrogens (tertiary/aromatic N) is 1. The highest BCUT2D eigenvalue weighted by molar-refractivity contribution is 6.39. The number of hydrogen-bond acceptors (Lipinski definition) is 4. The van der Waals surface area contributed by atoms with Gasteiger partial charge in [0.25, 0.3) is 0 Å². The van der Waals surface area contributed by atoms with Crippen molar-refractivity contribution in [3.05, 3.63) is 56.6 Å². The van der Waals surface area contributed by atoms with E-state index in [4.69, 9.17) is 23.2 Å². The highest BCUT2D eigenvalue weighted by Crippen LogP contribution is 2.38. The Morgan fingerprint density at radius 1 is 1.05 bits per heavy atom. The van der Waals surface area contributed by atoms with Gasteiger partial charge in [-0.3, -0.25) is 10.1 Å². The van der Waals surface area contributed by atoms with Gasteiger partial charge in [-0.25, -0.2) is 0 Å². The predicted molar refractivity (Wildman–Crippen MR) is 82.4 cm³/mol. The highest BCUT2D eigenvalue weighted by atomic mass is 35.5. The molecule has 0 radical (unpaired) electrons. The number of nitrogens with one attached hydrogen (secondary N) is 2. The number of hydrogen-bond donors (Lipinski definition) is 2. The zero-order valence-electron chi connectivity index (χ0n) is 10.5. The summed E-state index contributed by atoms with van der Waals surface area (Å²) in [4.78, 5) is 10.8. The summed E-state index contributed by atoms with van der Waals surface area (Å²) in [6.45, 7) is 0. The van der Waals surface area contributed by atoms with E-state index in [2.05, 4.69) is 10.6 Å². The molecule has 0 fully saturated rings. The maximum atomic E-state index is 11.2. The van der Waals surface area contributed by atoms with Crippen LogP contribution in [0.5, 0.6) is 0 Å². The van der Waals surface area contributed by atoms with Crippen molar-refractivity contribution in [3.8, 4) is 0 Å². The first-order chi connectivity index (χ1) is 9.54. The number of para-hydroxylation sites is 2. The number of nitro groups is 1. The third-order valence-corrected chi connectivity index (χ3v) is 3.34. The second-order valence-electron chi connectivity index (χ2n) is 3.93. The molecule has 2 aromatic carbocycles. The van der Waals surface area contributed by atoms with Crippen molar-refractivity contribution in [2.24, 2.45) is 0 Å². The van der Waals surface area contributed by atoms with Crippen LogP contribution in [0.15, 0.2) is 36.4 Å². The van der Waals surface area contributed by atoms with Crippen LogP contribution in [-0.4, -0.2) is 12.0 Å². The summed E-state index contributed by atoms with van der Waals surface area (Å²) in [6, 6.07) is 9.93. The second kappa shape index (κ2) is 5.98. The van der Waals surface area contributed by atoms with E-state index in [1.165, 1.54) is 0 Å². The summed E-state index contributed by atoms with van der Waals surface area (Å²) in [7, 11) is 1.62. The molecule has 0 aromatic heterocycles. The first kappa shape index (κ1) is 14.4. The molecule has 2 aromatic rings. The molecule has 0 aliphatic carbocycles. The molecular weight excluding hydrogens is 301 g/mol. The van der Waals surface area contributed by atoms with Gasteiger partial charge in [-0.15, -0.1) is 0 Å². The van der Waals surface area contributed by atoms with E-state index in [0.29, 0.717) is 27.1 Å². The van der Waals surface area contributed by atoms with Crippen LogP contribution in [-0.2, 0) is 0 Å². The molecule has 0 saturated heterocycles. The van der Waals surface area contributed by atoms with Crippen LogP contribution in [0, 0.1) is 10.1 Å². The molecule has 0 amide bonds. The average molecular weight is 312 g/mol. The van der Waals surface area contributed by atoms with Crippen LogP contribution in [0.4, 0.5) is 22.7 Å². The summed E-state index contributed by atoms with van der Waals surface area (Å²) < 4.78 is 0. The topological polar surface area (TPSA) is 67.2 Å². The van der Waals surface area contributed by atoms with Crippen LogP contribution in [0.3, 0.4) is 0 Å². The fourth-order valence-electron chi connectivity index (χ4n) is 1.79. The van der Waals surface area contributed by atoms with Gasteiger partial charge in [0.15, 0.2) is 0 Å². The zero-order chi connectivity index (χ0) is 14.7. The standard InChI is InChI=1S/C13H11Cl2N3O2/c1-16-10-6-3-7-11(13(10)18(19)20)17-12-8(14)4-2-5-9(12)15/h2-7,16-17H,1H3. The van der Waals surface area contributed by atoms with Gasteiger partial charge in [0.2, 0.25) is 0 Å². The van der Waals surface area contributed by atoms with Gasteiger partial charge in [0, 0.05) is 7.05 Å². The van der Waals surface area contributed by atoms with Crippen molar-refractivity contribution in [1.29, 1.82) is 0 Å². The average Bonchev–Trinajstić information content (AvgIpc) is 2.42. The summed E-state index contributed by atoms with van der Waals surface area (Å²) in [6.07, 6.45) is 0. The van der Waals surface area contributed by atoms with Crippen LogP contribution >= 0.6 is 23.2 Å². The zero-order valence-corrected chi connectivity index (χ0v) is 12.0. The van der Waals surface area contributed by atoms with E-state index in [1.54, 1.807) is 43.4 Å². The number of halogens is 2. The maximum Gasteiger partial charge on any atom is 0.315 e. The van der Waals surface area contributed by atoms with E-state index in [1.807, 2.05) is 0 Å². The quantitative estimate of drug-likeness (QED) is 0.635. The lowest BCUT2D eigenvalue weighted by molar-refractivity contribution is -0.383. The molecule has 5 nitrogen and oxygen atoms in total. The Kier molecular flexibility index (Phi) is 4.32. The molecule has 0 aliphatic rings. The molecule has 0 bridgehead atoms. The third-order valence-electron chi connectivity index (χ3n) is 2.71. The van der Waals surface area contributed by atoms with Crippen LogP contribution in [0.1, 0.15) is 0 Å². The number of anilines is 3. The van der Waals surface area contributed by atoms with E-state index in [9.17, 15) is 10.1 Å². The van der Waals surface area contributed by atoms with Gasteiger partial charge in [0.1, 0.15) is 11.4 Å². The Hall–Kier alpha value is -1.98. The minimum atomic E-state index is -0.459. The normalized spacial score (nSPS) is 10.2. The van der Waals surface area contributed by atoms with E-state index >= 15 is 0 Å². The van der Waals surface area contributed by atoms with Crippen LogP contribution in [0.25, 0.3) is 0 Å². The third kappa shape index (κ3) is 2.79. The number of benzene rings is 2. The summed E-state index contributed by atoms with van der Waals surface area (Å²) in [5, 5.41) is 17.7. The van der Waals surface area contributed by atoms with E-state index in [-0.39, 0.29) is 5.69 Å². The van der Waals surface area contributed by atoms with Crippen molar-refractivity contribution in [1.82, 2.24) is 0 Å². The molecule has 20 heavy (non-hydrogen) atoms. The number of rotatable bonds is 4. The summed E-state index contributed by atoms with van der Waals surface area (Å²) in [5.74, 6) is 0. The van der Waals surface area contributed by atoms with Gasteiger partial charge < -0.3 is 10.6 Å². The first-order valence-electron chi connectivity index (χ1n) is 5.70. The van der Waals surface area contributed by atoms with E-state index in [0.717, 1.165) is 0 Å². The monoisotopic (exact) mass is 311 g/mol. The molecular formula is C13H11Cl2N3O2. The molecule has 0 spiro atoms. The molecule has 0 unspecified atom stereocenters. The van der Waals surface area contributed by atoms with Crippen molar-refractivity contribution >= 4 is 46.0 Å². The smallest absolute Gasteiger partial charge is 0.315 e. The van der Waals surface area contributed by atoms with Crippen LogP contribution < -0.4 is 10.6 Å². The van der Waals surface area contributed by atoms with Gasteiger partial charge in [-0.2, -0.15) is 0 Å². The Labute approximate surface area is 125 Å². The molecule has 2 rings (SSSR count).